The fourth-order valence-electron chi connectivity index (χ4n) is 1.50. The molecule has 0 radical (unpaired) electrons. The summed E-state index contributed by atoms with van der Waals surface area (Å²) in [7, 11) is 1.65. The maximum Gasteiger partial charge on any atom is 0.331 e. The van der Waals surface area contributed by atoms with Gasteiger partial charge in [0.05, 0.1) is 16.6 Å². The fraction of sp³-hybridized carbons (Fsp3) is 0.0769. The summed E-state index contributed by atoms with van der Waals surface area (Å²) >= 11 is 0. The van der Waals surface area contributed by atoms with Crippen LogP contribution >= 0.6 is 0 Å². The Morgan fingerprint density at radius 3 is 2.55 bits per heavy atom. The van der Waals surface area contributed by atoms with Crippen molar-refractivity contribution in [1.29, 1.82) is 5.26 Å². The Morgan fingerprint density at radius 1 is 1.30 bits per heavy atom. The van der Waals surface area contributed by atoms with Crippen LogP contribution in [-0.4, -0.2) is 17.0 Å². The highest BCUT2D eigenvalue weighted by atomic mass is 16.6. The molecule has 1 heterocycles. The van der Waals surface area contributed by atoms with Crippen molar-refractivity contribution in [3.05, 3.63) is 52.1 Å². The zero-order valence-corrected chi connectivity index (χ0v) is 10.5. The van der Waals surface area contributed by atoms with Crippen molar-refractivity contribution >= 4 is 11.5 Å². The minimum atomic E-state index is -0.564. The van der Waals surface area contributed by atoms with E-state index in [0.29, 0.717) is 17.1 Å². The lowest BCUT2D eigenvalue weighted by molar-refractivity contribution is -0.386. The van der Waals surface area contributed by atoms with Gasteiger partial charge in [0.15, 0.2) is 0 Å². The van der Waals surface area contributed by atoms with Gasteiger partial charge >= 0.3 is 11.6 Å². The van der Waals surface area contributed by atoms with E-state index in [-0.39, 0.29) is 11.6 Å². The molecule has 0 bridgehead atoms. The smallest absolute Gasteiger partial charge is 0.331 e. The van der Waals surface area contributed by atoms with Crippen LogP contribution in [0, 0.1) is 21.4 Å². The standard InChI is InChI=1S/C13H10N4O3/c1-15-12-7-6-11(17(18)19)13(16-12)20-10-4-2-9(8-14)3-5-10/h2-7H,1H3,(H,15,16). The number of nitrogens with zero attached hydrogens (tertiary/aromatic N) is 3. The molecule has 2 aromatic rings. The zero-order chi connectivity index (χ0) is 14.5. The first kappa shape index (κ1) is 13.3. The molecule has 0 aliphatic heterocycles. The Kier molecular flexibility index (Phi) is 3.77. The fourth-order valence-corrected chi connectivity index (χ4v) is 1.50. The summed E-state index contributed by atoms with van der Waals surface area (Å²) in [6, 6.07) is 11.0. The Labute approximate surface area is 114 Å². The van der Waals surface area contributed by atoms with Crippen LogP contribution in [0.25, 0.3) is 0 Å². The molecular weight excluding hydrogens is 260 g/mol. The maximum atomic E-state index is 10.9. The minimum Gasteiger partial charge on any atom is -0.434 e. The van der Waals surface area contributed by atoms with E-state index in [9.17, 15) is 10.1 Å². The molecule has 0 saturated heterocycles. The first-order valence-electron chi connectivity index (χ1n) is 5.65. The summed E-state index contributed by atoms with van der Waals surface area (Å²) in [5.41, 5.74) is 0.247. The Hall–Kier alpha value is -3.14. The summed E-state index contributed by atoms with van der Waals surface area (Å²) in [6.07, 6.45) is 0. The van der Waals surface area contributed by atoms with E-state index in [1.54, 1.807) is 31.3 Å². The van der Waals surface area contributed by atoms with Gasteiger partial charge < -0.3 is 10.1 Å². The molecule has 0 unspecified atom stereocenters. The van der Waals surface area contributed by atoms with Gasteiger partial charge in [-0.15, -0.1) is 0 Å². The number of nitrogens with one attached hydrogen (secondary N) is 1. The molecule has 1 N–H and O–H groups in total. The Bertz CT molecular complexity index is 677. The number of hydrogen-bond donors (Lipinski definition) is 1. The molecule has 0 aliphatic carbocycles. The van der Waals surface area contributed by atoms with E-state index in [4.69, 9.17) is 10.00 Å². The summed E-state index contributed by atoms with van der Waals surface area (Å²) in [4.78, 5) is 14.4. The maximum absolute atomic E-state index is 10.9. The van der Waals surface area contributed by atoms with E-state index in [2.05, 4.69) is 10.3 Å². The molecule has 0 aliphatic rings. The SMILES string of the molecule is CNc1ccc([N+](=O)[O-])c(Oc2ccc(C#N)cc2)n1. The second-order valence-corrected chi connectivity index (χ2v) is 3.77. The topological polar surface area (TPSA) is 101 Å². The van der Waals surface area contributed by atoms with Gasteiger partial charge in [-0.25, -0.2) is 0 Å². The monoisotopic (exact) mass is 270 g/mol. The lowest BCUT2D eigenvalue weighted by Gasteiger charge is -2.07. The third-order valence-electron chi connectivity index (χ3n) is 2.49. The minimum absolute atomic E-state index is 0.105. The van der Waals surface area contributed by atoms with Crippen LogP contribution in [0.4, 0.5) is 11.5 Å². The van der Waals surface area contributed by atoms with Gasteiger partial charge in [-0.1, -0.05) is 0 Å². The summed E-state index contributed by atoms with van der Waals surface area (Å²) in [6.45, 7) is 0. The largest absolute Gasteiger partial charge is 0.434 e. The van der Waals surface area contributed by atoms with Crippen LogP contribution in [0.5, 0.6) is 11.6 Å². The average Bonchev–Trinajstić information content (AvgIpc) is 2.47. The molecule has 100 valence electrons. The van der Waals surface area contributed by atoms with Crippen molar-refractivity contribution in [3.63, 3.8) is 0 Å². The third kappa shape index (κ3) is 2.81. The van der Waals surface area contributed by atoms with Crippen molar-refractivity contribution in [2.75, 3.05) is 12.4 Å². The predicted molar refractivity (Wildman–Crippen MR) is 71.7 cm³/mol. The van der Waals surface area contributed by atoms with Crippen molar-refractivity contribution in [3.8, 4) is 17.7 Å². The van der Waals surface area contributed by atoms with Gasteiger partial charge in [0.1, 0.15) is 11.6 Å². The summed E-state index contributed by atoms with van der Waals surface area (Å²) < 4.78 is 5.41. The normalized spacial score (nSPS) is 9.60. The number of rotatable bonds is 4. The summed E-state index contributed by atoms with van der Waals surface area (Å²) in [5.74, 6) is 0.721. The molecule has 0 saturated carbocycles. The van der Waals surface area contributed by atoms with Gasteiger partial charge in [-0.2, -0.15) is 10.2 Å². The van der Waals surface area contributed by atoms with E-state index >= 15 is 0 Å². The highest BCUT2D eigenvalue weighted by Gasteiger charge is 2.18. The second-order valence-electron chi connectivity index (χ2n) is 3.77. The van der Waals surface area contributed by atoms with Crippen molar-refractivity contribution < 1.29 is 9.66 Å². The molecule has 0 amide bonds. The van der Waals surface area contributed by atoms with E-state index in [1.165, 1.54) is 12.1 Å². The van der Waals surface area contributed by atoms with E-state index < -0.39 is 4.92 Å². The third-order valence-corrected chi connectivity index (χ3v) is 2.49. The molecule has 7 heteroatoms. The highest BCUT2D eigenvalue weighted by Crippen LogP contribution is 2.30. The number of benzene rings is 1. The second kappa shape index (κ2) is 5.67. The Balaban J connectivity index is 2.35. The molecule has 0 fully saturated rings. The number of ether oxygens (including phenoxy) is 1. The number of nitriles is 1. The van der Waals surface area contributed by atoms with Gasteiger partial charge in [-0.3, -0.25) is 10.1 Å². The molecule has 2 rings (SSSR count). The molecule has 7 nitrogen and oxygen atoms in total. The number of aromatic nitrogens is 1. The van der Waals surface area contributed by atoms with Crippen LogP contribution < -0.4 is 10.1 Å². The van der Waals surface area contributed by atoms with Gasteiger partial charge in [0, 0.05) is 13.1 Å². The van der Waals surface area contributed by atoms with Crippen molar-refractivity contribution in [2.45, 2.75) is 0 Å². The molecule has 1 aromatic carbocycles. The van der Waals surface area contributed by atoms with Crippen molar-refractivity contribution in [2.24, 2.45) is 0 Å². The number of pyridine rings is 1. The number of nitro groups is 1. The predicted octanol–water partition coefficient (Wildman–Crippen LogP) is 2.70. The van der Waals surface area contributed by atoms with Crippen molar-refractivity contribution in [1.82, 2.24) is 4.98 Å². The number of hydrogen-bond acceptors (Lipinski definition) is 6. The van der Waals surface area contributed by atoms with E-state index in [0.717, 1.165) is 0 Å². The molecule has 0 spiro atoms. The van der Waals surface area contributed by atoms with Gasteiger partial charge in [-0.05, 0) is 30.3 Å². The lowest BCUT2D eigenvalue weighted by atomic mass is 10.2. The van der Waals surface area contributed by atoms with Gasteiger partial charge in [0.2, 0.25) is 0 Å². The number of anilines is 1. The first-order valence-corrected chi connectivity index (χ1v) is 5.65. The molecule has 20 heavy (non-hydrogen) atoms. The first-order chi connectivity index (χ1) is 9.63. The van der Waals surface area contributed by atoms with Crippen LogP contribution in [0.2, 0.25) is 0 Å². The van der Waals surface area contributed by atoms with Crippen LogP contribution in [0.1, 0.15) is 5.56 Å². The van der Waals surface area contributed by atoms with E-state index in [1.807, 2.05) is 6.07 Å². The molecule has 0 atom stereocenters. The van der Waals surface area contributed by atoms with Gasteiger partial charge in [0.25, 0.3) is 0 Å². The van der Waals surface area contributed by atoms with Crippen LogP contribution in [0.15, 0.2) is 36.4 Å². The lowest BCUT2D eigenvalue weighted by Crippen LogP contribution is -1.99. The quantitative estimate of drug-likeness (QED) is 0.677. The summed E-state index contributed by atoms with van der Waals surface area (Å²) in [5, 5.41) is 22.4. The molecule has 1 aromatic heterocycles. The zero-order valence-electron chi connectivity index (χ0n) is 10.5. The molecular formula is C13H10N4O3. The van der Waals surface area contributed by atoms with Crippen LogP contribution in [-0.2, 0) is 0 Å². The average molecular weight is 270 g/mol. The Morgan fingerprint density at radius 2 is 2.00 bits per heavy atom. The highest BCUT2D eigenvalue weighted by molar-refractivity contribution is 5.50. The van der Waals surface area contributed by atoms with Crippen LogP contribution in [0.3, 0.4) is 0 Å².